The molecule has 1 aliphatic rings. The van der Waals surface area contributed by atoms with E-state index in [4.69, 9.17) is 0 Å². The van der Waals surface area contributed by atoms with Crippen LogP contribution in [0.5, 0.6) is 0 Å². The number of hydrogen-bond donors (Lipinski definition) is 1. The Hall–Kier alpha value is -1.36. The Bertz CT molecular complexity index is 500. The summed E-state index contributed by atoms with van der Waals surface area (Å²) in [6, 6.07) is 0. The maximum atomic E-state index is 11.3. The molecule has 1 aromatic rings. The fraction of sp³-hybridized carbons (Fsp3) is 0.462. The number of rotatable bonds is 3. The first-order valence-corrected chi connectivity index (χ1v) is 6.87. The average Bonchev–Trinajstić information content (AvgIpc) is 2.28. The number of hydrogen-bond acceptors (Lipinski definition) is 4. The van der Waals surface area contributed by atoms with Crippen LogP contribution >= 0.6 is 11.8 Å². The second kappa shape index (κ2) is 5.52. The summed E-state index contributed by atoms with van der Waals surface area (Å²) in [4.78, 5) is 19.7. The highest BCUT2D eigenvalue weighted by Crippen LogP contribution is 2.31. The Labute approximate surface area is 111 Å². The highest BCUT2D eigenvalue weighted by Gasteiger charge is 2.20. The number of aryl methyl sites for hydroxylation is 2. The van der Waals surface area contributed by atoms with Crippen molar-refractivity contribution in [3.05, 3.63) is 29.2 Å². The molecule has 0 fully saturated rings. The molecule has 5 heteroatoms. The molecular formula is C13H16N2O2S. The lowest BCUT2D eigenvalue weighted by Gasteiger charge is -2.17. The molecule has 0 amide bonds. The average molecular weight is 264 g/mol. The van der Waals surface area contributed by atoms with E-state index in [1.54, 1.807) is 13.8 Å². The number of carboxylic acid groups (broad SMARTS) is 1. The molecule has 1 heterocycles. The van der Waals surface area contributed by atoms with Gasteiger partial charge in [0.2, 0.25) is 0 Å². The molecule has 0 bridgehead atoms. The summed E-state index contributed by atoms with van der Waals surface area (Å²) >= 11 is 1.53. The zero-order valence-corrected chi connectivity index (χ0v) is 11.3. The van der Waals surface area contributed by atoms with Crippen LogP contribution in [0.4, 0.5) is 0 Å². The predicted molar refractivity (Wildman–Crippen MR) is 71.1 cm³/mol. The van der Waals surface area contributed by atoms with Gasteiger partial charge in [-0.05, 0) is 33.1 Å². The Morgan fingerprint density at radius 3 is 2.83 bits per heavy atom. The fourth-order valence-electron chi connectivity index (χ4n) is 2.04. The molecular weight excluding hydrogens is 248 g/mol. The summed E-state index contributed by atoms with van der Waals surface area (Å²) in [6.45, 7) is 3.51. The molecule has 4 nitrogen and oxygen atoms in total. The molecule has 2 rings (SSSR count). The number of allylic oxidation sites excluding steroid dienone is 1. The van der Waals surface area contributed by atoms with Gasteiger partial charge in [-0.1, -0.05) is 23.9 Å². The maximum Gasteiger partial charge on any atom is 0.340 e. The van der Waals surface area contributed by atoms with Gasteiger partial charge in [-0.25, -0.2) is 14.8 Å². The summed E-state index contributed by atoms with van der Waals surface area (Å²) in [7, 11) is 0. The van der Waals surface area contributed by atoms with Gasteiger partial charge < -0.3 is 5.11 Å². The normalized spacial score (nSPS) is 18.9. The fourth-order valence-corrected chi connectivity index (χ4v) is 3.33. The molecule has 1 aliphatic carbocycles. The van der Waals surface area contributed by atoms with E-state index in [1.807, 2.05) is 0 Å². The number of thioether (sulfide) groups is 1. The number of aromatic carboxylic acids is 1. The van der Waals surface area contributed by atoms with E-state index in [0.717, 1.165) is 19.3 Å². The predicted octanol–water partition coefficient (Wildman–Crippen LogP) is 2.99. The van der Waals surface area contributed by atoms with Crippen LogP contribution in [0, 0.1) is 13.8 Å². The van der Waals surface area contributed by atoms with E-state index in [2.05, 4.69) is 22.1 Å². The SMILES string of the molecule is Cc1nc(C)c(C(=O)O)c(SC2C=CCCC2)n1. The van der Waals surface area contributed by atoms with Gasteiger partial charge in [0.15, 0.2) is 0 Å². The highest BCUT2D eigenvalue weighted by molar-refractivity contribution is 8.00. The second-order valence-corrected chi connectivity index (χ2v) is 5.58. The van der Waals surface area contributed by atoms with Crippen molar-refractivity contribution in [1.82, 2.24) is 9.97 Å². The second-order valence-electron chi connectivity index (χ2n) is 4.36. The van der Waals surface area contributed by atoms with Crippen LogP contribution in [0.15, 0.2) is 17.2 Å². The molecule has 0 radical (unpaired) electrons. The molecule has 1 aromatic heterocycles. The molecule has 1 unspecified atom stereocenters. The van der Waals surface area contributed by atoms with Gasteiger partial charge >= 0.3 is 5.97 Å². The summed E-state index contributed by atoms with van der Waals surface area (Å²) < 4.78 is 0. The van der Waals surface area contributed by atoms with Crippen LogP contribution < -0.4 is 0 Å². The zero-order chi connectivity index (χ0) is 13.1. The third kappa shape index (κ3) is 2.90. The number of nitrogens with zero attached hydrogens (tertiary/aromatic N) is 2. The largest absolute Gasteiger partial charge is 0.478 e. The van der Waals surface area contributed by atoms with Crippen molar-refractivity contribution < 1.29 is 9.90 Å². The van der Waals surface area contributed by atoms with Crippen LogP contribution in [0.25, 0.3) is 0 Å². The first kappa shape index (κ1) is 13.1. The van der Waals surface area contributed by atoms with Gasteiger partial charge in [0.1, 0.15) is 16.4 Å². The molecule has 96 valence electrons. The minimum absolute atomic E-state index is 0.240. The van der Waals surface area contributed by atoms with Crippen LogP contribution in [0.2, 0.25) is 0 Å². The van der Waals surface area contributed by atoms with E-state index in [9.17, 15) is 9.90 Å². The minimum Gasteiger partial charge on any atom is -0.478 e. The third-order valence-electron chi connectivity index (χ3n) is 2.86. The topological polar surface area (TPSA) is 63.1 Å². The summed E-state index contributed by atoms with van der Waals surface area (Å²) in [5, 5.41) is 10.2. The molecule has 0 spiro atoms. The van der Waals surface area contributed by atoms with Crippen molar-refractivity contribution >= 4 is 17.7 Å². The van der Waals surface area contributed by atoms with Crippen molar-refractivity contribution in [3.63, 3.8) is 0 Å². The van der Waals surface area contributed by atoms with E-state index >= 15 is 0 Å². The summed E-state index contributed by atoms with van der Waals surface area (Å²) in [6.07, 6.45) is 7.64. The van der Waals surface area contributed by atoms with Gasteiger partial charge in [-0.15, -0.1) is 0 Å². The molecule has 1 atom stereocenters. The van der Waals surface area contributed by atoms with Gasteiger partial charge in [0.25, 0.3) is 0 Å². The molecule has 0 aliphatic heterocycles. The first-order valence-electron chi connectivity index (χ1n) is 6.00. The van der Waals surface area contributed by atoms with Crippen molar-refractivity contribution in [1.29, 1.82) is 0 Å². The molecule has 0 aromatic carbocycles. The monoisotopic (exact) mass is 264 g/mol. The first-order chi connectivity index (χ1) is 8.58. The van der Waals surface area contributed by atoms with Gasteiger partial charge in [-0.2, -0.15) is 0 Å². The number of carboxylic acids is 1. The lowest BCUT2D eigenvalue weighted by molar-refractivity contribution is 0.0690. The molecule has 1 N–H and O–H groups in total. The lowest BCUT2D eigenvalue weighted by Crippen LogP contribution is -2.11. The van der Waals surface area contributed by atoms with Gasteiger partial charge in [-0.3, -0.25) is 0 Å². The van der Waals surface area contributed by atoms with E-state index in [1.165, 1.54) is 11.8 Å². The van der Waals surface area contributed by atoms with Crippen LogP contribution in [-0.2, 0) is 0 Å². The number of aromatic nitrogens is 2. The van der Waals surface area contributed by atoms with E-state index in [-0.39, 0.29) is 5.56 Å². The minimum atomic E-state index is -0.949. The molecule has 18 heavy (non-hydrogen) atoms. The van der Waals surface area contributed by atoms with Crippen LogP contribution in [0.1, 0.15) is 41.1 Å². The van der Waals surface area contributed by atoms with Crippen molar-refractivity contribution in [3.8, 4) is 0 Å². The Morgan fingerprint density at radius 2 is 2.22 bits per heavy atom. The van der Waals surface area contributed by atoms with E-state index < -0.39 is 5.97 Å². The maximum absolute atomic E-state index is 11.3. The smallest absolute Gasteiger partial charge is 0.340 e. The standard InChI is InChI=1S/C13H16N2O2S/c1-8-11(13(16)17)12(15-9(2)14-8)18-10-6-4-3-5-7-10/h4,6,10H,3,5,7H2,1-2H3,(H,16,17). The summed E-state index contributed by atoms with van der Waals surface area (Å²) in [5.74, 6) is -0.324. The van der Waals surface area contributed by atoms with Gasteiger partial charge in [0, 0.05) is 5.25 Å². The highest BCUT2D eigenvalue weighted by atomic mass is 32.2. The van der Waals surface area contributed by atoms with Crippen molar-refractivity contribution in [2.24, 2.45) is 0 Å². The lowest BCUT2D eigenvalue weighted by atomic mass is 10.1. The Balaban J connectivity index is 2.33. The van der Waals surface area contributed by atoms with Gasteiger partial charge in [0.05, 0.1) is 5.69 Å². The molecule has 0 saturated heterocycles. The Morgan fingerprint density at radius 1 is 1.44 bits per heavy atom. The van der Waals surface area contributed by atoms with E-state index in [0.29, 0.717) is 21.8 Å². The van der Waals surface area contributed by atoms with Crippen molar-refractivity contribution in [2.75, 3.05) is 0 Å². The Kier molecular flexibility index (Phi) is 4.01. The number of carbonyl (C=O) groups is 1. The zero-order valence-electron chi connectivity index (χ0n) is 10.5. The summed E-state index contributed by atoms with van der Waals surface area (Å²) in [5.41, 5.74) is 0.780. The van der Waals surface area contributed by atoms with Crippen LogP contribution in [-0.4, -0.2) is 26.3 Å². The third-order valence-corrected chi connectivity index (χ3v) is 4.07. The van der Waals surface area contributed by atoms with Crippen molar-refractivity contribution in [2.45, 2.75) is 43.4 Å². The van der Waals surface area contributed by atoms with Crippen LogP contribution in [0.3, 0.4) is 0 Å². The molecule has 0 saturated carbocycles. The quantitative estimate of drug-likeness (QED) is 0.671.